The highest BCUT2D eigenvalue weighted by molar-refractivity contribution is 5.95. The number of ether oxygens (including phenoxy) is 1. The van der Waals surface area contributed by atoms with Gasteiger partial charge in [0.05, 0.1) is 5.56 Å². The first kappa shape index (κ1) is 24.7. The van der Waals surface area contributed by atoms with Crippen LogP contribution in [-0.2, 0) is 6.42 Å². The minimum Gasteiger partial charge on any atom is -0.457 e. The summed E-state index contributed by atoms with van der Waals surface area (Å²) in [5, 5.41) is 4.00. The van der Waals surface area contributed by atoms with Gasteiger partial charge in [-0.1, -0.05) is 31.1 Å². The van der Waals surface area contributed by atoms with Gasteiger partial charge in [-0.2, -0.15) is 4.98 Å². The maximum atomic E-state index is 14.6. The van der Waals surface area contributed by atoms with E-state index in [1.807, 2.05) is 38.1 Å². The van der Waals surface area contributed by atoms with E-state index in [2.05, 4.69) is 10.1 Å². The van der Waals surface area contributed by atoms with Crippen molar-refractivity contribution in [3.63, 3.8) is 0 Å². The van der Waals surface area contributed by atoms with Crippen molar-refractivity contribution in [2.24, 2.45) is 5.73 Å². The van der Waals surface area contributed by atoms with Crippen LogP contribution in [0.25, 0.3) is 0 Å². The molecule has 2 N–H and O–H groups in total. The highest BCUT2D eigenvalue weighted by atomic mass is 35.5. The van der Waals surface area contributed by atoms with Gasteiger partial charge in [0.15, 0.2) is 5.82 Å². The second kappa shape index (κ2) is 10.8. The average Bonchev–Trinajstić information content (AvgIpc) is 3.46. The number of aromatic nitrogens is 2. The number of amides is 1. The molecule has 2 aromatic carbocycles. The molecular formula is C24H28ClFN4O3. The molecule has 1 fully saturated rings. The summed E-state index contributed by atoms with van der Waals surface area (Å²) in [4.78, 5) is 19.3. The molecule has 1 aliphatic heterocycles. The molecule has 7 nitrogen and oxygen atoms in total. The summed E-state index contributed by atoms with van der Waals surface area (Å²) in [5.41, 5.74) is 6.64. The number of halogens is 2. The quantitative estimate of drug-likeness (QED) is 0.516. The third-order valence-electron chi connectivity index (χ3n) is 5.53. The molecule has 33 heavy (non-hydrogen) atoms. The van der Waals surface area contributed by atoms with Gasteiger partial charge in [0, 0.05) is 12.5 Å². The summed E-state index contributed by atoms with van der Waals surface area (Å²) in [7, 11) is 0. The Morgan fingerprint density at radius 3 is 2.64 bits per heavy atom. The van der Waals surface area contributed by atoms with Gasteiger partial charge in [-0.25, -0.2) is 4.39 Å². The average molecular weight is 475 g/mol. The number of hydrogen-bond acceptors (Lipinski definition) is 6. The van der Waals surface area contributed by atoms with Gasteiger partial charge in [0.1, 0.15) is 23.4 Å². The normalized spacial score (nSPS) is 15.5. The van der Waals surface area contributed by atoms with Crippen molar-refractivity contribution in [2.45, 2.75) is 45.1 Å². The van der Waals surface area contributed by atoms with Crippen LogP contribution < -0.4 is 10.5 Å². The van der Waals surface area contributed by atoms with Crippen LogP contribution in [0.1, 0.15) is 66.3 Å². The number of benzene rings is 2. The molecule has 0 spiro atoms. The number of nitrogens with zero attached hydrogens (tertiary/aromatic N) is 3. The van der Waals surface area contributed by atoms with Crippen molar-refractivity contribution in [3.05, 3.63) is 71.1 Å². The molecule has 1 aromatic heterocycles. The van der Waals surface area contributed by atoms with Crippen LogP contribution in [0.15, 0.2) is 47.0 Å². The number of hydrogen-bond donors (Lipinski definition) is 1. The molecule has 0 radical (unpaired) electrons. The van der Waals surface area contributed by atoms with Crippen molar-refractivity contribution in [1.29, 1.82) is 0 Å². The smallest absolute Gasteiger partial charge is 0.257 e. The molecule has 0 unspecified atom stereocenters. The Kier molecular flexibility index (Phi) is 8.05. The van der Waals surface area contributed by atoms with Gasteiger partial charge < -0.3 is 19.9 Å². The molecule has 176 valence electrons. The Balaban J connectivity index is 0.00000306. The highest BCUT2D eigenvalue weighted by Crippen LogP contribution is 2.34. The molecule has 1 amide bonds. The van der Waals surface area contributed by atoms with Crippen LogP contribution >= 0.6 is 12.4 Å². The summed E-state index contributed by atoms with van der Waals surface area (Å²) in [6.45, 7) is 5.01. The van der Waals surface area contributed by atoms with Crippen LogP contribution in [0.3, 0.4) is 0 Å². The third kappa shape index (κ3) is 5.51. The standard InChI is InChI=1S/C24H27FN4O3.ClH/c1-15(2)22-27-23(32-28-22)21-4-3-13-29(21)24(30)19-14-18(9-10-20(19)25)31-17-7-5-16(6-8-17)11-12-26;/h5-10,14-15,21H,3-4,11-13,26H2,1-2H3;1H/t21-;/m0./s1. The molecule has 0 saturated carbocycles. The molecule has 1 saturated heterocycles. The fourth-order valence-electron chi connectivity index (χ4n) is 3.80. The van der Waals surface area contributed by atoms with E-state index >= 15 is 0 Å². The van der Waals surface area contributed by atoms with E-state index in [9.17, 15) is 9.18 Å². The minimum absolute atomic E-state index is 0. The number of rotatable bonds is 7. The fraction of sp³-hybridized carbons (Fsp3) is 0.375. The lowest BCUT2D eigenvalue weighted by Gasteiger charge is -2.22. The van der Waals surface area contributed by atoms with Crippen LogP contribution in [0.2, 0.25) is 0 Å². The van der Waals surface area contributed by atoms with Gasteiger partial charge in [0.2, 0.25) is 5.89 Å². The monoisotopic (exact) mass is 474 g/mol. The minimum atomic E-state index is -0.598. The van der Waals surface area contributed by atoms with E-state index in [1.54, 1.807) is 4.90 Å². The van der Waals surface area contributed by atoms with Gasteiger partial charge >= 0.3 is 0 Å². The van der Waals surface area contributed by atoms with Gasteiger partial charge in [-0.3, -0.25) is 4.79 Å². The van der Waals surface area contributed by atoms with Crippen molar-refractivity contribution in [3.8, 4) is 11.5 Å². The highest BCUT2D eigenvalue weighted by Gasteiger charge is 2.35. The number of likely N-dealkylation sites (tertiary alicyclic amines) is 1. The van der Waals surface area contributed by atoms with Crippen LogP contribution in [0, 0.1) is 5.82 Å². The third-order valence-corrected chi connectivity index (χ3v) is 5.53. The molecular weight excluding hydrogens is 447 g/mol. The summed E-state index contributed by atoms with van der Waals surface area (Å²) < 4.78 is 25.9. The van der Waals surface area contributed by atoms with E-state index in [4.69, 9.17) is 15.0 Å². The first-order valence-corrected chi connectivity index (χ1v) is 10.9. The fourth-order valence-corrected chi connectivity index (χ4v) is 3.80. The van der Waals surface area contributed by atoms with E-state index in [0.29, 0.717) is 42.7 Å². The van der Waals surface area contributed by atoms with E-state index in [-0.39, 0.29) is 29.9 Å². The SMILES string of the molecule is CC(C)c1noc([C@@H]2CCCN2C(=O)c2cc(Oc3ccc(CCN)cc3)ccc2F)n1.Cl. The van der Waals surface area contributed by atoms with Crippen LogP contribution in [0.5, 0.6) is 11.5 Å². The molecule has 2 heterocycles. The largest absolute Gasteiger partial charge is 0.457 e. The summed E-state index contributed by atoms with van der Waals surface area (Å²) >= 11 is 0. The Bertz CT molecular complexity index is 1090. The molecule has 1 aliphatic rings. The van der Waals surface area contributed by atoms with Gasteiger partial charge in [-0.05, 0) is 61.7 Å². The molecule has 0 bridgehead atoms. The van der Waals surface area contributed by atoms with Crippen molar-refractivity contribution in [1.82, 2.24) is 15.0 Å². The number of carbonyl (C=O) groups excluding carboxylic acids is 1. The first-order chi connectivity index (χ1) is 15.5. The zero-order valence-corrected chi connectivity index (χ0v) is 19.5. The lowest BCUT2D eigenvalue weighted by molar-refractivity contribution is 0.0705. The van der Waals surface area contributed by atoms with Gasteiger partial charge in [-0.15, -0.1) is 12.4 Å². The van der Waals surface area contributed by atoms with Crippen molar-refractivity contribution >= 4 is 18.3 Å². The molecule has 3 aromatic rings. The Labute approximate surface area is 198 Å². The maximum absolute atomic E-state index is 14.6. The molecule has 4 rings (SSSR count). The maximum Gasteiger partial charge on any atom is 0.257 e. The second-order valence-electron chi connectivity index (χ2n) is 8.23. The van der Waals surface area contributed by atoms with E-state index in [0.717, 1.165) is 18.4 Å². The van der Waals surface area contributed by atoms with Gasteiger partial charge in [0.25, 0.3) is 5.91 Å². The predicted molar refractivity (Wildman–Crippen MR) is 124 cm³/mol. The second-order valence-corrected chi connectivity index (χ2v) is 8.23. The molecule has 9 heteroatoms. The summed E-state index contributed by atoms with van der Waals surface area (Å²) in [5.74, 6) is 1.08. The molecule has 0 aliphatic carbocycles. The lowest BCUT2D eigenvalue weighted by Crippen LogP contribution is -2.31. The zero-order chi connectivity index (χ0) is 22.7. The molecule has 1 atom stereocenters. The Morgan fingerprint density at radius 2 is 1.97 bits per heavy atom. The Hall–Kier alpha value is -2.97. The number of carbonyl (C=O) groups is 1. The van der Waals surface area contributed by atoms with Crippen LogP contribution in [-0.4, -0.2) is 34.0 Å². The zero-order valence-electron chi connectivity index (χ0n) is 18.7. The predicted octanol–water partition coefficient (Wildman–Crippen LogP) is 5.02. The lowest BCUT2D eigenvalue weighted by atomic mass is 10.1. The summed E-state index contributed by atoms with van der Waals surface area (Å²) in [6, 6.07) is 11.4. The number of nitrogens with two attached hydrogens (primary N) is 1. The van der Waals surface area contributed by atoms with Crippen molar-refractivity contribution < 1.29 is 18.4 Å². The first-order valence-electron chi connectivity index (χ1n) is 10.9. The van der Waals surface area contributed by atoms with Crippen LogP contribution in [0.4, 0.5) is 4.39 Å². The topological polar surface area (TPSA) is 94.5 Å². The van der Waals surface area contributed by atoms with E-state index < -0.39 is 11.7 Å². The van der Waals surface area contributed by atoms with Crippen molar-refractivity contribution in [2.75, 3.05) is 13.1 Å². The van der Waals surface area contributed by atoms with E-state index in [1.165, 1.54) is 18.2 Å². The summed E-state index contributed by atoms with van der Waals surface area (Å²) in [6.07, 6.45) is 2.26. The Morgan fingerprint density at radius 1 is 1.24 bits per heavy atom.